The first-order valence-corrected chi connectivity index (χ1v) is 6.41. The van der Waals surface area contributed by atoms with Gasteiger partial charge in [0, 0.05) is 12.6 Å². The molecule has 3 nitrogen and oxygen atoms in total. The fourth-order valence-corrected chi connectivity index (χ4v) is 2.18. The SMILES string of the molecule is S=C(NCCOC1CCCC1)NC1CC1. The highest BCUT2D eigenvalue weighted by molar-refractivity contribution is 7.80. The largest absolute Gasteiger partial charge is 0.376 e. The van der Waals surface area contributed by atoms with Crippen molar-refractivity contribution in [2.24, 2.45) is 0 Å². The molecule has 0 spiro atoms. The number of hydrogen-bond donors (Lipinski definition) is 2. The second-order valence-corrected chi connectivity index (χ2v) is 4.86. The molecule has 0 amide bonds. The summed E-state index contributed by atoms with van der Waals surface area (Å²) in [6.45, 7) is 1.60. The molecule has 0 aromatic heterocycles. The summed E-state index contributed by atoms with van der Waals surface area (Å²) >= 11 is 5.14. The summed E-state index contributed by atoms with van der Waals surface area (Å²) in [5.41, 5.74) is 0. The van der Waals surface area contributed by atoms with E-state index in [9.17, 15) is 0 Å². The third-order valence-electron chi connectivity index (χ3n) is 2.96. The highest BCUT2D eigenvalue weighted by atomic mass is 32.1. The second kappa shape index (κ2) is 5.66. The maximum absolute atomic E-state index is 5.72. The first kappa shape index (κ1) is 11.1. The average molecular weight is 228 g/mol. The molecule has 4 heteroatoms. The maximum atomic E-state index is 5.72. The van der Waals surface area contributed by atoms with Crippen LogP contribution in [0, 0.1) is 0 Å². The molecular weight excluding hydrogens is 208 g/mol. The predicted octanol–water partition coefficient (Wildman–Crippen LogP) is 1.57. The number of rotatable bonds is 5. The molecule has 2 saturated carbocycles. The Hall–Kier alpha value is -0.350. The number of nitrogens with one attached hydrogen (secondary N) is 2. The van der Waals surface area contributed by atoms with Crippen molar-refractivity contribution in [3.8, 4) is 0 Å². The quantitative estimate of drug-likeness (QED) is 0.553. The normalized spacial score (nSPS) is 21.6. The molecule has 86 valence electrons. The Bertz CT molecular complexity index is 213. The third-order valence-corrected chi connectivity index (χ3v) is 3.22. The zero-order valence-corrected chi connectivity index (χ0v) is 9.94. The van der Waals surface area contributed by atoms with Gasteiger partial charge in [-0.15, -0.1) is 0 Å². The zero-order chi connectivity index (χ0) is 10.5. The summed E-state index contributed by atoms with van der Waals surface area (Å²) in [7, 11) is 0. The molecule has 0 unspecified atom stereocenters. The van der Waals surface area contributed by atoms with E-state index in [-0.39, 0.29) is 0 Å². The van der Waals surface area contributed by atoms with E-state index in [1.807, 2.05) is 0 Å². The van der Waals surface area contributed by atoms with E-state index in [0.29, 0.717) is 12.1 Å². The van der Waals surface area contributed by atoms with E-state index < -0.39 is 0 Å². The molecule has 0 aromatic rings. The molecule has 0 aromatic carbocycles. The highest BCUT2D eigenvalue weighted by Gasteiger charge is 2.21. The van der Waals surface area contributed by atoms with Crippen LogP contribution in [0.5, 0.6) is 0 Å². The van der Waals surface area contributed by atoms with Gasteiger partial charge >= 0.3 is 0 Å². The Balaban J connectivity index is 1.44. The van der Waals surface area contributed by atoms with E-state index in [1.54, 1.807) is 0 Å². The lowest BCUT2D eigenvalue weighted by molar-refractivity contribution is 0.0623. The first-order chi connectivity index (χ1) is 7.34. The molecule has 0 bridgehead atoms. The van der Waals surface area contributed by atoms with Crippen LogP contribution in [0.2, 0.25) is 0 Å². The molecule has 2 fully saturated rings. The predicted molar refractivity (Wildman–Crippen MR) is 65.0 cm³/mol. The van der Waals surface area contributed by atoms with Gasteiger partial charge in [-0.3, -0.25) is 0 Å². The highest BCUT2D eigenvalue weighted by Crippen LogP contribution is 2.20. The van der Waals surface area contributed by atoms with Gasteiger partial charge in [0.15, 0.2) is 5.11 Å². The minimum Gasteiger partial charge on any atom is -0.376 e. The summed E-state index contributed by atoms with van der Waals surface area (Å²) in [5.74, 6) is 0. The Morgan fingerprint density at radius 1 is 1.20 bits per heavy atom. The van der Waals surface area contributed by atoms with Crippen LogP contribution >= 0.6 is 12.2 Å². The van der Waals surface area contributed by atoms with Crippen molar-refractivity contribution in [2.45, 2.75) is 50.7 Å². The van der Waals surface area contributed by atoms with E-state index in [1.165, 1.54) is 38.5 Å². The lowest BCUT2D eigenvalue weighted by atomic mass is 10.3. The minimum absolute atomic E-state index is 0.511. The van der Waals surface area contributed by atoms with Gasteiger partial charge in [0.2, 0.25) is 0 Å². The Morgan fingerprint density at radius 3 is 2.60 bits per heavy atom. The van der Waals surface area contributed by atoms with Crippen LogP contribution in [0.3, 0.4) is 0 Å². The fourth-order valence-electron chi connectivity index (χ4n) is 1.91. The third kappa shape index (κ3) is 4.34. The van der Waals surface area contributed by atoms with Crippen molar-refractivity contribution < 1.29 is 4.74 Å². The molecule has 2 N–H and O–H groups in total. The van der Waals surface area contributed by atoms with Gasteiger partial charge in [-0.25, -0.2) is 0 Å². The summed E-state index contributed by atoms with van der Waals surface area (Å²) in [4.78, 5) is 0. The molecular formula is C11H20N2OS. The van der Waals surface area contributed by atoms with Crippen LogP contribution in [-0.2, 0) is 4.74 Å². The monoisotopic (exact) mass is 228 g/mol. The van der Waals surface area contributed by atoms with Crippen LogP contribution < -0.4 is 10.6 Å². The molecule has 2 aliphatic rings. The summed E-state index contributed by atoms with van der Waals surface area (Å²) in [6.07, 6.45) is 8.19. The van der Waals surface area contributed by atoms with Crippen molar-refractivity contribution >= 4 is 17.3 Å². The smallest absolute Gasteiger partial charge is 0.166 e. The average Bonchev–Trinajstić information content (AvgIpc) is 2.87. The van der Waals surface area contributed by atoms with Gasteiger partial charge in [0.05, 0.1) is 12.7 Å². The molecule has 0 aliphatic heterocycles. The van der Waals surface area contributed by atoms with Crippen molar-refractivity contribution in [1.29, 1.82) is 0 Å². The number of ether oxygens (including phenoxy) is 1. The summed E-state index contributed by atoms with van der Waals surface area (Å²) < 4.78 is 5.72. The van der Waals surface area contributed by atoms with Crippen LogP contribution in [0.1, 0.15) is 38.5 Å². The van der Waals surface area contributed by atoms with Crippen molar-refractivity contribution in [2.75, 3.05) is 13.2 Å². The van der Waals surface area contributed by atoms with Gasteiger partial charge in [-0.05, 0) is 37.9 Å². The van der Waals surface area contributed by atoms with E-state index in [2.05, 4.69) is 10.6 Å². The number of thiocarbonyl (C=S) groups is 1. The van der Waals surface area contributed by atoms with Crippen molar-refractivity contribution in [3.05, 3.63) is 0 Å². The Labute approximate surface area is 96.9 Å². The molecule has 0 heterocycles. The summed E-state index contributed by atoms with van der Waals surface area (Å²) in [6, 6.07) is 0.640. The summed E-state index contributed by atoms with van der Waals surface area (Å²) in [5, 5.41) is 7.21. The van der Waals surface area contributed by atoms with Crippen LogP contribution in [0.15, 0.2) is 0 Å². The molecule has 2 rings (SSSR count). The van der Waals surface area contributed by atoms with Crippen LogP contribution in [-0.4, -0.2) is 30.4 Å². The van der Waals surface area contributed by atoms with Crippen LogP contribution in [0.4, 0.5) is 0 Å². The van der Waals surface area contributed by atoms with E-state index in [4.69, 9.17) is 17.0 Å². The van der Waals surface area contributed by atoms with Gasteiger partial charge in [-0.2, -0.15) is 0 Å². The minimum atomic E-state index is 0.511. The zero-order valence-electron chi connectivity index (χ0n) is 9.13. The van der Waals surface area contributed by atoms with E-state index in [0.717, 1.165) is 18.3 Å². The van der Waals surface area contributed by atoms with Gasteiger partial charge in [-0.1, -0.05) is 12.8 Å². The first-order valence-electron chi connectivity index (χ1n) is 6.00. The molecule has 15 heavy (non-hydrogen) atoms. The molecule has 2 aliphatic carbocycles. The Morgan fingerprint density at radius 2 is 1.93 bits per heavy atom. The van der Waals surface area contributed by atoms with Crippen molar-refractivity contribution in [3.63, 3.8) is 0 Å². The van der Waals surface area contributed by atoms with Gasteiger partial charge in [0.25, 0.3) is 0 Å². The standard InChI is InChI=1S/C11H20N2OS/c15-11(13-9-5-6-9)12-7-8-14-10-3-1-2-4-10/h9-10H,1-8H2,(H2,12,13,15). The van der Waals surface area contributed by atoms with Gasteiger partial charge in [0.1, 0.15) is 0 Å². The Kier molecular flexibility index (Phi) is 4.20. The lowest BCUT2D eigenvalue weighted by Crippen LogP contribution is -2.38. The molecule has 0 radical (unpaired) electrons. The molecule has 0 atom stereocenters. The molecule has 0 saturated heterocycles. The maximum Gasteiger partial charge on any atom is 0.166 e. The second-order valence-electron chi connectivity index (χ2n) is 4.45. The fraction of sp³-hybridized carbons (Fsp3) is 0.909. The topological polar surface area (TPSA) is 33.3 Å². The number of hydrogen-bond acceptors (Lipinski definition) is 2. The van der Waals surface area contributed by atoms with E-state index >= 15 is 0 Å². The lowest BCUT2D eigenvalue weighted by Gasteiger charge is -2.13. The van der Waals surface area contributed by atoms with Crippen molar-refractivity contribution in [1.82, 2.24) is 10.6 Å². The van der Waals surface area contributed by atoms with Crippen LogP contribution in [0.25, 0.3) is 0 Å². The van der Waals surface area contributed by atoms with Gasteiger partial charge < -0.3 is 15.4 Å².